The lowest BCUT2D eigenvalue weighted by Gasteiger charge is -2.08. The minimum absolute atomic E-state index is 0.149. The van der Waals surface area contributed by atoms with Crippen LogP contribution in [0.2, 0.25) is 0 Å². The fraction of sp³-hybridized carbons (Fsp3) is 0. The minimum atomic E-state index is 0.149. The van der Waals surface area contributed by atoms with E-state index in [0.717, 1.165) is 21.7 Å². The Bertz CT molecular complexity index is 1500. The van der Waals surface area contributed by atoms with Gasteiger partial charge in [0.2, 0.25) is 0 Å². The zero-order valence-electron chi connectivity index (χ0n) is 13.1. The van der Waals surface area contributed by atoms with Gasteiger partial charge in [-0.15, -0.1) is 0 Å². The quantitative estimate of drug-likeness (QED) is 0.446. The van der Waals surface area contributed by atoms with Crippen molar-refractivity contribution in [1.29, 1.82) is 0 Å². The molecule has 25 heavy (non-hydrogen) atoms. The summed E-state index contributed by atoms with van der Waals surface area (Å²) in [5.41, 5.74) is 0.768. The van der Waals surface area contributed by atoms with Crippen molar-refractivity contribution in [3.05, 3.63) is 71.2 Å². The van der Waals surface area contributed by atoms with Gasteiger partial charge in [0.15, 0.2) is 5.94 Å². The summed E-state index contributed by atoms with van der Waals surface area (Å²) in [5.74, 6) is 3.65. The molecule has 116 valence electrons. The Morgan fingerprint density at radius 1 is 0.600 bits per heavy atom. The number of nitrogens with one attached hydrogen (secondary N) is 1. The zero-order chi connectivity index (χ0) is 17.0. The predicted octanol–water partition coefficient (Wildman–Crippen LogP) is 2.63. The van der Waals surface area contributed by atoms with Crippen molar-refractivity contribution in [1.82, 2.24) is 4.98 Å². The fourth-order valence-corrected chi connectivity index (χ4v) is 3.75. The summed E-state index contributed by atoms with van der Waals surface area (Å²) in [6.07, 6.45) is 0. The van der Waals surface area contributed by atoms with E-state index in [2.05, 4.69) is 35.3 Å². The smallest absolute Gasteiger partial charge is 0.152 e. The van der Waals surface area contributed by atoms with Crippen molar-refractivity contribution >= 4 is 55.1 Å². The van der Waals surface area contributed by atoms with Gasteiger partial charge in [-0.2, -0.15) is 0 Å². The first-order chi connectivity index (χ1) is 12.3. The molecule has 0 bridgehead atoms. The monoisotopic (exact) mass is 321 g/mol. The van der Waals surface area contributed by atoms with Crippen molar-refractivity contribution in [2.45, 2.75) is 0 Å². The molecule has 0 aliphatic heterocycles. The van der Waals surface area contributed by atoms with Gasteiger partial charge in [-0.3, -0.25) is 0 Å². The van der Waals surface area contributed by atoms with E-state index in [1.165, 1.54) is 16.2 Å². The molecule has 3 heteroatoms. The van der Waals surface area contributed by atoms with Gasteiger partial charge in [-0.1, -0.05) is 60.7 Å². The van der Waals surface area contributed by atoms with E-state index in [0.29, 0.717) is 5.39 Å². The zero-order valence-corrected chi connectivity index (χ0v) is 13.1. The Morgan fingerprint density at radius 3 is 2.04 bits per heavy atom. The van der Waals surface area contributed by atoms with E-state index in [9.17, 15) is 9.59 Å². The summed E-state index contributed by atoms with van der Waals surface area (Å²) in [6, 6.07) is 20.5. The molecule has 0 unspecified atom stereocenters. The van der Waals surface area contributed by atoms with Gasteiger partial charge in [0.1, 0.15) is 16.5 Å². The summed E-state index contributed by atoms with van der Waals surface area (Å²) in [4.78, 5) is 25.4. The van der Waals surface area contributed by atoms with Crippen molar-refractivity contribution < 1.29 is 9.59 Å². The highest BCUT2D eigenvalue weighted by Crippen LogP contribution is 2.33. The van der Waals surface area contributed by atoms with Gasteiger partial charge < -0.3 is 4.98 Å². The molecule has 5 aromatic rings. The maximum Gasteiger partial charge on any atom is 0.152 e. The first-order valence-electron chi connectivity index (χ1n) is 7.97. The molecule has 0 fully saturated rings. The van der Waals surface area contributed by atoms with Crippen molar-refractivity contribution in [2.24, 2.45) is 0 Å². The number of hydrogen-bond acceptors (Lipinski definition) is 2. The summed E-state index contributed by atoms with van der Waals surface area (Å²) in [6.45, 7) is 0. The van der Waals surface area contributed by atoms with Crippen LogP contribution < -0.4 is 10.6 Å². The average Bonchev–Trinajstić information content (AvgIpc) is 3.05. The summed E-state index contributed by atoms with van der Waals surface area (Å²) in [7, 11) is 0. The van der Waals surface area contributed by atoms with E-state index in [1.54, 1.807) is 5.94 Å². The molecule has 0 aliphatic rings. The maximum atomic E-state index is 11.2. The summed E-state index contributed by atoms with van der Waals surface area (Å²) in [5, 5.41) is 7.86. The predicted molar refractivity (Wildman–Crippen MR) is 99.7 cm³/mol. The van der Waals surface area contributed by atoms with Crippen LogP contribution in [0.3, 0.4) is 0 Å². The van der Waals surface area contributed by atoms with Crippen LogP contribution in [0.4, 0.5) is 0 Å². The molecule has 1 heterocycles. The van der Waals surface area contributed by atoms with Gasteiger partial charge >= 0.3 is 0 Å². The highest BCUT2D eigenvalue weighted by atomic mass is 16.1. The largest absolute Gasteiger partial charge is 0.344 e. The van der Waals surface area contributed by atoms with Crippen LogP contribution in [0.15, 0.2) is 60.7 Å². The van der Waals surface area contributed by atoms with E-state index in [1.807, 2.05) is 36.3 Å². The Morgan fingerprint density at radius 2 is 1.24 bits per heavy atom. The van der Waals surface area contributed by atoms with Crippen LogP contribution in [0.5, 0.6) is 0 Å². The average molecular weight is 321 g/mol. The molecule has 0 spiro atoms. The van der Waals surface area contributed by atoms with Crippen LogP contribution in [-0.2, 0) is 9.59 Å². The third kappa shape index (κ3) is 1.76. The molecule has 0 atom stereocenters. The topological polar surface area (TPSA) is 49.9 Å². The van der Waals surface area contributed by atoms with Crippen LogP contribution in [0, 0.1) is 0 Å². The standard InChI is InChI=1S/C22H11NO2/c24-11-20-19-10-8-17-16-6-5-13-3-1-2-4-14(13)15(16)7-9-18(17)22(19)23-21(20)12-25/h1-10,23H. The molecule has 3 nitrogen and oxygen atoms in total. The van der Waals surface area contributed by atoms with Crippen molar-refractivity contribution in [3.8, 4) is 0 Å². The first kappa shape index (κ1) is 13.8. The Labute approximate surface area is 141 Å². The second-order valence-corrected chi connectivity index (χ2v) is 6.11. The summed E-state index contributed by atoms with van der Waals surface area (Å²) >= 11 is 0. The second-order valence-electron chi connectivity index (χ2n) is 6.11. The third-order valence-electron chi connectivity index (χ3n) is 4.90. The molecular formula is C22H11NO2. The normalized spacial score (nSPS) is 11.2. The van der Waals surface area contributed by atoms with E-state index < -0.39 is 0 Å². The van der Waals surface area contributed by atoms with Crippen molar-refractivity contribution in [2.75, 3.05) is 0 Å². The molecule has 4 aromatic carbocycles. The molecular weight excluding hydrogens is 310 g/mol. The molecule has 1 N–H and O–H groups in total. The molecule has 0 radical (unpaired) electrons. The Balaban J connectivity index is 2.06. The third-order valence-corrected chi connectivity index (χ3v) is 4.90. The van der Waals surface area contributed by atoms with Gasteiger partial charge in [0.25, 0.3) is 0 Å². The van der Waals surface area contributed by atoms with Crippen LogP contribution in [0.1, 0.15) is 0 Å². The number of benzene rings is 4. The van der Waals surface area contributed by atoms with Gasteiger partial charge in [-0.25, -0.2) is 9.59 Å². The Hall–Kier alpha value is -3.64. The van der Waals surface area contributed by atoms with Crippen molar-refractivity contribution in [3.63, 3.8) is 0 Å². The first-order valence-corrected chi connectivity index (χ1v) is 7.97. The van der Waals surface area contributed by atoms with Crippen LogP contribution in [-0.4, -0.2) is 16.9 Å². The van der Waals surface area contributed by atoms with Crippen LogP contribution >= 0.6 is 0 Å². The van der Waals surface area contributed by atoms with Crippen LogP contribution in [0.25, 0.3) is 43.2 Å². The molecule has 0 aliphatic carbocycles. The SMILES string of the molecule is O=C=c1[nH]c2c(ccc3c4ccc5ccccc5c4ccc32)c1=C=O. The van der Waals surface area contributed by atoms with E-state index >= 15 is 0 Å². The number of aromatic nitrogens is 1. The lowest BCUT2D eigenvalue weighted by molar-refractivity contribution is 0.564. The molecule has 0 amide bonds. The fourth-order valence-electron chi connectivity index (χ4n) is 3.75. The molecule has 0 saturated heterocycles. The minimum Gasteiger partial charge on any atom is -0.344 e. The highest BCUT2D eigenvalue weighted by Gasteiger charge is 2.10. The molecule has 1 aromatic heterocycles. The molecule has 0 saturated carbocycles. The highest BCUT2D eigenvalue weighted by molar-refractivity contribution is 6.21. The number of H-pyrrole nitrogens is 1. The number of rotatable bonds is 0. The van der Waals surface area contributed by atoms with E-state index in [4.69, 9.17) is 0 Å². The number of carbonyl (C=O) groups excluding carboxylic acids is 2. The number of aromatic amines is 1. The Kier molecular flexibility index (Phi) is 2.71. The maximum absolute atomic E-state index is 11.2. The second kappa shape index (κ2) is 4.93. The van der Waals surface area contributed by atoms with Gasteiger partial charge in [0.05, 0.1) is 5.52 Å². The number of hydrogen-bond donors (Lipinski definition) is 1. The van der Waals surface area contributed by atoms with Gasteiger partial charge in [0, 0.05) is 10.8 Å². The lowest BCUT2D eigenvalue weighted by atomic mass is 9.96. The lowest BCUT2D eigenvalue weighted by Crippen LogP contribution is -2.25. The number of fused-ring (bicyclic) bond motifs is 7. The van der Waals surface area contributed by atoms with E-state index in [-0.39, 0.29) is 10.6 Å². The summed E-state index contributed by atoms with van der Waals surface area (Å²) < 4.78 is 0. The molecule has 5 rings (SSSR count). The van der Waals surface area contributed by atoms with Gasteiger partial charge in [-0.05, 0) is 26.9 Å².